The SMILES string of the molecule is O=Cc1ccc2n1C[C@@]1(C[C@H](OCc3ccccc3)[C@H](OCc3ccccc3)CO1)OC2. The van der Waals surface area contributed by atoms with Crippen LogP contribution in [0.15, 0.2) is 72.8 Å². The maximum atomic E-state index is 11.5. The third-order valence-electron chi connectivity index (χ3n) is 6.16. The van der Waals surface area contributed by atoms with Gasteiger partial charge in [-0.1, -0.05) is 60.7 Å². The van der Waals surface area contributed by atoms with E-state index in [1.807, 2.05) is 65.2 Å². The molecule has 1 aromatic heterocycles. The lowest BCUT2D eigenvalue weighted by molar-refractivity contribution is -0.320. The molecule has 1 saturated heterocycles. The molecule has 1 fully saturated rings. The van der Waals surface area contributed by atoms with Crippen LogP contribution in [0.3, 0.4) is 0 Å². The van der Waals surface area contributed by atoms with Gasteiger partial charge in [0.15, 0.2) is 12.1 Å². The van der Waals surface area contributed by atoms with Crippen molar-refractivity contribution in [3.8, 4) is 0 Å². The number of hydrogen-bond acceptors (Lipinski definition) is 5. The first kappa shape index (κ1) is 21.1. The van der Waals surface area contributed by atoms with Gasteiger partial charge in [-0.2, -0.15) is 0 Å². The van der Waals surface area contributed by atoms with E-state index in [9.17, 15) is 4.79 Å². The number of nitrogens with zero attached hydrogens (tertiary/aromatic N) is 1. The van der Waals surface area contributed by atoms with Gasteiger partial charge in [-0.3, -0.25) is 4.79 Å². The number of hydrogen-bond donors (Lipinski definition) is 0. The Balaban J connectivity index is 1.32. The molecular formula is C26H27NO5. The van der Waals surface area contributed by atoms with E-state index < -0.39 is 5.79 Å². The molecule has 0 saturated carbocycles. The molecule has 1 spiro atoms. The molecule has 6 heteroatoms. The second-order valence-electron chi connectivity index (χ2n) is 8.34. The molecule has 0 N–H and O–H groups in total. The first-order chi connectivity index (χ1) is 15.7. The van der Waals surface area contributed by atoms with Gasteiger partial charge in [0.25, 0.3) is 0 Å². The van der Waals surface area contributed by atoms with Crippen LogP contribution in [0.1, 0.15) is 33.7 Å². The van der Waals surface area contributed by atoms with Crippen LogP contribution < -0.4 is 0 Å². The summed E-state index contributed by atoms with van der Waals surface area (Å²) in [5.41, 5.74) is 3.83. The van der Waals surface area contributed by atoms with Crippen molar-refractivity contribution in [2.75, 3.05) is 6.61 Å². The van der Waals surface area contributed by atoms with Crippen molar-refractivity contribution < 1.29 is 23.7 Å². The molecule has 2 aromatic carbocycles. The second kappa shape index (κ2) is 9.38. The van der Waals surface area contributed by atoms with Gasteiger partial charge in [-0.05, 0) is 23.3 Å². The standard InChI is InChI=1S/C26H27NO5/c28-14-22-11-12-23-17-31-26(19-27(22)23)13-24(29-15-20-7-3-1-4-8-20)25(18-32-26)30-16-21-9-5-2-6-10-21/h1-12,14,24-25H,13,15-19H2/t24-,25+,26-/m0/s1. The third kappa shape index (κ3) is 4.54. The normalized spacial score (nSPS) is 24.9. The number of benzene rings is 2. The predicted octanol–water partition coefficient (Wildman–Crippen LogP) is 4.12. The van der Waals surface area contributed by atoms with E-state index in [4.69, 9.17) is 18.9 Å². The number of aromatic nitrogens is 1. The van der Waals surface area contributed by atoms with Gasteiger partial charge in [-0.15, -0.1) is 0 Å². The number of ether oxygens (including phenoxy) is 4. The number of fused-ring (bicyclic) bond motifs is 1. The van der Waals surface area contributed by atoms with Gasteiger partial charge < -0.3 is 23.5 Å². The van der Waals surface area contributed by atoms with Crippen molar-refractivity contribution in [3.63, 3.8) is 0 Å². The summed E-state index contributed by atoms with van der Waals surface area (Å²) in [6.45, 7) is 2.19. The molecule has 6 nitrogen and oxygen atoms in total. The summed E-state index contributed by atoms with van der Waals surface area (Å²) in [5, 5.41) is 0. The van der Waals surface area contributed by atoms with E-state index in [2.05, 4.69) is 12.1 Å². The molecule has 3 aromatic rings. The van der Waals surface area contributed by atoms with Crippen molar-refractivity contribution in [3.05, 3.63) is 95.3 Å². The lowest BCUT2D eigenvalue weighted by atomic mass is 9.98. The van der Waals surface area contributed by atoms with E-state index in [0.717, 1.165) is 23.1 Å². The van der Waals surface area contributed by atoms with E-state index in [-0.39, 0.29) is 12.2 Å². The van der Waals surface area contributed by atoms with E-state index in [1.165, 1.54) is 0 Å². The van der Waals surface area contributed by atoms with Gasteiger partial charge in [0.05, 0.1) is 44.8 Å². The zero-order chi connectivity index (χ0) is 21.8. The predicted molar refractivity (Wildman–Crippen MR) is 118 cm³/mol. The molecule has 166 valence electrons. The molecule has 0 amide bonds. The molecule has 3 heterocycles. The molecule has 0 radical (unpaired) electrons. The van der Waals surface area contributed by atoms with E-state index in [1.54, 1.807) is 0 Å². The molecule has 0 bridgehead atoms. The smallest absolute Gasteiger partial charge is 0.189 e. The highest BCUT2D eigenvalue weighted by molar-refractivity contribution is 5.72. The van der Waals surface area contributed by atoms with Crippen LogP contribution in [-0.4, -0.2) is 35.5 Å². The Hall–Kier alpha value is -2.77. The molecule has 3 atom stereocenters. The van der Waals surface area contributed by atoms with Crippen LogP contribution >= 0.6 is 0 Å². The Kier molecular flexibility index (Phi) is 6.19. The van der Waals surface area contributed by atoms with E-state index in [0.29, 0.717) is 45.1 Å². The third-order valence-corrected chi connectivity index (χ3v) is 6.16. The minimum atomic E-state index is -0.836. The Morgan fingerprint density at radius 3 is 2.19 bits per heavy atom. The summed E-state index contributed by atoms with van der Waals surface area (Å²) in [6.07, 6.45) is 0.976. The minimum absolute atomic E-state index is 0.204. The fourth-order valence-corrected chi connectivity index (χ4v) is 4.37. The number of rotatable bonds is 7. The average Bonchev–Trinajstić information content (AvgIpc) is 3.25. The maximum absolute atomic E-state index is 11.5. The number of aldehydes is 1. The Bertz CT molecular complexity index is 1030. The molecule has 0 aliphatic carbocycles. The largest absolute Gasteiger partial charge is 0.371 e. The van der Waals surface area contributed by atoms with Crippen LogP contribution in [0.2, 0.25) is 0 Å². The topological polar surface area (TPSA) is 58.9 Å². The van der Waals surface area contributed by atoms with Crippen molar-refractivity contribution in [1.82, 2.24) is 4.57 Å². The Morgan fingerprint density at radius 1 is 0.875 bits per heavy atom. The molecular weight excluding hydrogens is 406 g/mol. The average molecular weight is 434 g/mol. The zero-order valence-electron chi connectivity index (χ0n) is 17.9. The van der Waals surface area contributed by atoms with Crippen LogP contribution in [0.5, 0.6) is 0 Å². The molecule has 0 unspecified atom stereocenters. The van der Waals surface area contributed by atoms with Crippen molar-refractivity contribution in [2.45, 2.75) is 50.8 Å². The molecule has 32 heavy (non-hydrogen) atoms. The van der Waals surface area contributed by atoms with Crippen molar-refractivity contribution in [2.24, 2.45) is 0 Å². The molecule has 2 aliphatic rings. The Labute approximate surface area is 187 Å². The maximum Gasteiger partial charge on any atom is 0.189 e. The van der Waals surface area contributed by atoms with Crippen LogP contribution in [0.25, 0.3) is 0 Å². The van der Waals surface area contributed by atoms with Gasteiger partial charge in [-0.25, -0.2) is 0 Å². The fraction of sp³-hybridized carbons (Fsp3) is 0.346. The summed E-state index contributed by atoms with van der Waals surface area (Å²) in [4.78, 5) is 11.5. The zero-order valence-corrected chi connectivity index (χ0v) is 17.9. The van der Waals surface area contributed by atoms with E-state index >= 15 is 0 Å². The van der Waals surface area contributed by atoms with Crippen LogP contribution in [-0.2, 0) is 45.3 Å². The van der Waals surface area contributed by atoms with Gasteiger partial charge in [0, 0.05) is 12.1 Å². The first-order valence-corrected chi connectivity index (χ1v) is 11.0. The van der Waals surface area contributed by atoms with Gasteiger partial charge >= 0.3 is 0 Å². The lowest BCUT2D eigenvalue weighted by Gasteiger charge is -2.46. The lowest BCUT2D eigenvalue weighted by Crippen LogP contribution is -2.55. The highest BCUT2D eigenvalue weighted by Gasteiger charge is 2.46. The molecule has 2 aliphatic heterocycles. The quantitative estimate of drug-likeness (QED) is 0.525. The first-order valence-electron chi connectivity index (χ1n) is 11.0. The second-order valence-corrected chi connectivity index (χ2v) is 8.34. The summed E-state index contributed by atoms with van der Waals surface area (Å²) in [7, 11) is 0. The van der Waals surface area contributed by atoms with Gasteiger partial charge in [0.2, 0.25) is 0 Å². The fourth-order valence-electron chi connectivity index (χ4n) is 4.37. The monoisotopic (exact) mass is 433 g/mol. The summed E-state index contributed by atoms with van der Waals surface area (Å²) in [6, 6.07) is 23.9. The minimum Gasteiger partial charge on any atom is -0.371 e. The summed E-state index contributed by atoms with van der Waals surface area (Å²) < 4.78 is 27.0. The molecule has 5 rings (SSSR count). The van der Waals surface area contributed by atoms with Crippen molar-refractivity contribution in [1.29, 1.82) is 0 Å². The number of carbonyl (C=O) groups is 1. The van der Waals surface area contributed by atoms with Crippen LogP contribution in [0, 0.1) is 0 Å². The highest BCUT2D eigenvalue weighted by atomic mass is 16.7. The summed E-state index contributed by atoms with van der Waals surface area (Å²) >= 11 is 0. The number of carbonyl (C=O) groups excluding carboxylic acids is 1. The van der Waals surface area contributed by atoms with Gasteiger partial charge in [0.1, 0.15) is 6.10 Å². The highest BCUT2D eigenvalue weighted by Crippen LogP contribution is 2.36. The van der Waals surface area contributed by atoms with Crippen LogP contribution in [0.4, 0.5) is 0 Å². The van der Waals surface area contributed by atoms with Crippen molar-refractivity contribution >= 4 is 6.29 Å². The Morgan fingerprint density at radius 2 is 1.53 bits per heavy atom. The summed E-state index contributed by atoms with van der Waals surface area (Å²) in [5.74, 6) is -0.836.